The molecule has 0 spiro atoms. The minimum atomic E-state index is -3.08. The summed E-state index contributed by atoms with van der Waals surface area (Å²) < 4.78 is 29.2. The Balaban J connectivity index is 3.54. The van der Waals surface area contributed by atoms with E-state index in [0.717, 1.165) is 6.42 Å². The standard InChI is InChI=1S/C8H20N2O3S/c1-8(4-6-13-3)10-5-7-14(11,12)9-2/h8-10H,4-7H2,1-3H3. The third-order valence-corrected chi connectivity index (χ3v) is 3.29. The van der Waals surface area contributed by atoms with Crippen molar-refractivity contribution in [1.29, 1.82) is 0 Å². The van der Waals surface area contributed by atoms with Gasteiger partial charge in [-0.2, -0.15) is 0 Å². The Kier molecular flexibility index (Phi) is 7.08. The molecule has 5 nitrogen and oxygen atoms in total. The second-order valence-corrected chi connectivity index (χ2v) is 5.21. The molecule has 1 unspecified atom stereocenters. The molecule has 0 radical (unpaired) electrons. The van der Waals surface area contributed by atoms with Crippen LogP contribution in [-0.4, -0.2) is 47.5 Å². The minimum Gasteiger partial charge on any atom is -0.385 e. The Labute approximate surface area is 86.3 Å². The van der Waals surface area contributed by atoms with E-state index < -0.39 is 10.0 Å². The summed E-state index contributed by atoms with van der Waals surface area (Å²) in [5.41, 5.74) is 0. The number of rotatable bonds is 8. The van der Waals surface area contributed by atoms with Crippen molar-refractivity contribution in [2.24, 2.45) is 0 Å². The van der Waals surface area contributed by atoms with Crippen LogP contribution in [-0.2, 0) is 14.8 Å². The largest absolute Gasteiger partial charge is 0.385 e. The molecule has 0 heterocycles. The predicted molar refractivity (Wildman–Crippen MR) is 56.8 cm³/mol. The highest BCUT2D eigenvalue weighted by molar-refractivity contribution is 7.89. The van der Waals surface area contributed by atoms with E-state index in [1.54, 1.807) is 7.11 Å². The van der Waals surface area contributed by atoms with E-state index in [4.69, 9.17) is 4.74 Å². The van der Waals surface area contributed by atoms with Crippen LogP contribution in [0.1, 0.15) is 13.3 Å². The molecule has 0 saturated carbocycles. The van der Waals surface area contributed by atoms with Crippen molar-refractivity contribution in [2.75, 3.05) is 33.1 Å². The molecule has 0 aliphatic carbocycles. The fourth-order valence-electron chi connectivity index (χ4n) is 0.938. The van der Waals surface area contributed by atoms with Crippen LogP contribution >= 0.6 is 0 Å². The first kappa shape index (κ1) is 13.8. The number of hydrogen-bond donors (Lipinski definition) is 2. The average molecular weight is 224 g/mol. The fourth-order valence-corrected chi connectivity index (χ4v) is 1.53. The van der Waals surface area contributed by atoms with Gasteiger partial charge >= 0.3 is 0 Å². The van der Waals surface area contributed by atoms with Crippen LogP contribution in [0.4, 0.5) is 0 Å². The van der Waals surface area contributed by atoms with Gasteiger partial charge in [0.1, 0.15) is 0 Å². The molecule has 86 valence electrons. The summed E-state index contributed by atoms with van der Waals surface area (Å²) in [6.07, 6.45) is 0.885. The molecular formula is C8H20N2O3S. The molecule has 0 aliphatic rings. The van der Waals surface area contributed by atoms with Crippen molar-refractivity contribution in [2.45, 2.75) is 19.4 Å². The number of hydrogen-bond acceptors (Lipinski definition) is 4. The van der Waals surface area contributed by atoms with Gasteiger partial charge < -0.3 is 10.1 Å². The minimum absolute atomic E-state index is 0.112. The molecule has 0 bridgehead atoms. The van der Waals surface area contributed by atoms with Gasteiger partial charge in [0.15, 0.2) is 0 Å². The highest BCUT2D eigenvalue weighted by Gasteiger charge is 2.07. The molecule has 0 rings (SSSR count). The van der Waals surface area contributed by atoms with Crippen LogP contribution in [0.25, 0.3) is 0 Å². The Hall–Kier alpha value is -0.170. The van der Waals surface area contributed by atoms with Crippen LogP contribution in [0, 0.1) is 0 Å². The van der Waals surface area contributed by atoms with Crippen LogP contribution in [0.3, 0.4) is 0 Å². The SMILES string of the molecule is CNS(=O)(=O)CCNC(C)CCOC. The number of sulfonamides is 1. The number of nitrogens with one attached hydrogen (secondary N) is 2. The summed E-state index contributed by atoms with van der Waals surface area (Å²) in [5, 5.41) is 3.11. The maximum atomic E-state index is 11.0. The van der Waals surface area contributed by atoms with Crippen molar-refractivity contribution in [3.8, 4) is 0 Å². The second-order valence-electron chi connectivity index (χ2n) is 3.16. The quantitative estimate of drug-likeness (QED) is 0.586. The van der Waals surface area contributed by atoms with E-state index in [0.29, 0.717) is 13.2 Å². The maximum Gasteiger partial charge on any atom is 0.212 e. The molecule has 0 fully saturated rings. The molecular weight excluding hydrogens is 204 g/mol. The first-order valence-electron chi connectivity index (χ1n) is 4.65. The second kappa shape index (κ2) is 7.17. The first-order valence-corrected chi connectivity index (χ1v) is 6.30. The molecule has 0 aromatic heterocycles. The molecule has 0 aliphatic heterocycles. The van der Waals surface area contributed by atoms with E-state index in [-0.39, 0.29) is 11.8 Å². The third kappa shape index (κ3) is 7.25. The van der Waals surface area contributed by atoms with Gasteiger partial charge in [-0.05, 0) is 20.4 Å². The van der Waals surface area contributed by atoms with Crippen molar-refractivity contribution < 1.29 is 13.2 Å². The van der Waals surface area contributed by atoms with Gasteiger partial charge in [0.25, 0.3) is 0 Å². The average Bonchev–Trinajstić information content (AvgIpc) is 2.14. The zero-order valence-corrected chi connectivity index (χ0v) is 9.86. The smallest absolute Gasteiger partial charge is 0.212 e. The molecule has 0 saturated heterocycles. The molecule has 1 atom stereocenters. The van der Waals surface area contributed by atoms with Gasteiger partial charge in [-0.15, -0.1) is 0 Å². The van der Waals surface area contributed by atoms with E-state index in [1.807, 2.05) is 6.92 Å². The van der Waals surface area contributed by atoms with E-state index in [2.05, 4.69) is 10.0 Å². The van der Waals surface area contributed by atoms with Crippen molar-refractivity contribution in [3.05, 3.63) is 0 Å². The zero-order valence-electron chi connectivity index (χ0n) is 9.04. The van der Waals surface area contributed by atoms with Gasteiger partial charge in [-0.25, -0.2) is 13.1 Å². The topological polar surface area (TPSA) is 67.4 Å². The predicted octanol–water partition coefficient (Wildman–Crippen LogP) is -0.450. The van der Waals surface area contributed by atoms with Crippen LogP contribution in [0.15, 0.2) is 0 Å². The summed E-state index contributed by atoms with van der Waals surface area (Å²) in [6, 6.07) is 0.280. The van der Waals surface area contributed by atoms with E-state index >= 15 is 0 Å². The Morgan fingerprint density at radius 2 is 2.07 bits per heavy atom. The Bertz CT molecular complexity index is 229. The lowest BCUT2D eigenvalue weighted by Crippen LogP contribution is -2.34. The summed E-state index contributed by atoms with van der Waals surface area (Å²) >= 11 is 0. The summed E-state index contributed by atoms with van der Waals surface area (Å²) in [5.74, 6) is 0.112. The van der Waals surface area contributed by atoms with Gasteiger partial charge in [0, 0.05) is 26.3 Å². The van der Waals surface area contributed by atoms with Crippen molar-refractivity contribution in [1.82, 2.24) is 10.0 Å². The Morgan fingerprint density at radius 3 is 2.57 bits per heavy atom. The molecule has 2 N–H and O–H groups in total. The highest BCUT2D eigenvalue weighted by Crippen LogP contribution is 1.90. The lowest BCUT2D eigenvalue weighted by molar-refractivity contribution is 0.185. The van der Waals surface area contributed by atoms with Gasteiger partial charge in [0.2, 0.25) is 10.0 Å². The van der Waals surface area contributed by atoms with Crippen LogP contribution < -0.4 is 10.0 Å². The summed E-state index contributed by atoms with van der Waals surface area (Å²) in [6.45, 7) is 3.16. The Morgan fingerprint density at radius 1 is 1.43 bits per heavy atom. The molecule has 0 aromatic carbocycles. The molecule has 0 amide bonds. The van der Waals surface area contributed by atoms with Crippen LogP contribution in [0.5, 0.6) is 0 Å². The normalized spacial score (nSPS) is 14.2. The van der Waals surface area contributed by atoms with Crippen molar-refractivity contribution >= 4 is 10.0 Å². The number of ether oxygens (including phenoxy) is 1. The molecule has 14 heavy (non-hydrogen) atoms. The summed E-state index contributed by atoms with van der Waals surface area (Å²) in [7, 11) is -0.00812. The highest BCUT2D eigenvalue weighted by atomic mass is 32.2. The third-order valence-electron chi connectivity index (χ3n) is 1.93. The molecule has 6 heteroatoms. The maximum absolute atomic E-state index is 11.0. The van der Waals surface area contributed by atoms with Gasteiger partial charge in [-0.1, -0.05) is 0 Å². The van der Waals surface area contributed by atoms with E-state index in [1.165, 1.54) is 7.05 Å². The van der Waals surface area contributed by atoms with Crippen molar-refractivity contribution in [3.63, 3.8) is 0 Å². The summed E-state index contributed by atoms with van der Waals surface area (Å²) in [4.78, 5) is 0. The van der Waals surface area contributed by atoms with Gasteiger partial charge in [0.05, 0.1) is 5.75 Å². The van der Waals surface area contributed by atoms with E-state index in [9.17, 15) is 8.42 Å². The number of methoxy groups -OCH3 is 1. The first-order chi connectivity index (χ1) is 6.52. The lowest BCUT2D eigenvalue weighted by Gasteiger charge is -2.12. The van der Waals surface area contributed by atoms with Gasteiger partial charge in [-0.3, -0.25) is 0 Å². The lowest BCUT2D eigenvalue weighted by atomic mass is 10.2. The monoisotopic (exact) mass is 224 g/mol. The molecule has 0 aromatic rings. The fraction of sp³-hybridized carbons (Fsp3) is 1.00. The zero-order chi connectivity index (χ0) is 11.0. The van der Waals surface area contributed by atoms with Crippen LogP contribution in [0.2, 0.25) is 0 Å².